The highest BCUT2D eigenvalue weighted by atomic mass is 16.3. The van der Waals surface area contributed by atoms with Crippen LogP contribution in [-0.2, 0) is 0 Å². The first-order valence-corrected chi connectivity index (χ1v) is 6.94. The summed E-state index contributed by atoms with van der Waals surface area (Å²) in [5, 5.41) is 9.74. The Labute approximate surface area is 128 Å². The second-order valence-corrected chi connectivity index (χ2v) is 5.13. The molecule has 0 aliphatic heterocycles. The van der Waals surface area contributed by atoms with Gasteiger partial charge in [0.25, 0.3) is 0 Å². The minimum atomic E-state index is -0.527. The van der Waals surface area contributed by atoms with Gasteiger partial charge in [0.15, 0.2) is 0 Å². The van der Waals surface area contributed by atoms with Crippen molar-refractivity contribution in [2.75, 3.05) is 0 Å². The number of aromatic hydroxyl groups is 1. The minimum absolute atomic E-state index is 0.183. The molecule has 1 aromatic heterocycles. The number of primary amides is 1. The molecule has 3 N–H and O–H groups in total. The van der Waals surface area contributed by atoms with Crippen molar-refractivity contribution in [2.24, 2.45) is 5.73 Å². The second-order valence-electron chi connectivity index (χ2n) is 5.13. The Morgan fingerprint density at radius 3 is 2.36 bits per heavy atom. The molecule has 0 radical (unpaired) electrons. The molecule has 0 aliphatic carbocycles. The average molecular weight is 292 g/mol. The summed E-state index contributed by atoms with van der Waals surface area (Å²) in [6.45, 7) is 1.84. The molecule has 0 spiro atoms. The van der Waals surface area contributed by atoms with Gasteiger partial charge < -0.3 is 10.8 Å². The van der Waals surface area contributed by atoms with Gasteiger partial charge in [0.05, 0.1) is 0 Å². The Hall–Kier alpha value is -3.01. The van der Waals surface area contributed by atoms with Crippen molar-refractivity contribution >= 4 is 6.03 Å². The maximum absolute atomic E-state index is 11.7. The number of amides is 1. The van der Waals surface area contributed by atoms with Crippen molar-refractivity contribution in [1.29, 1.82) is 0 Å². The Balaban J connectivity index is 2.30. The predicted molar refractivity (Wildman–Crippen MR) is 86.7 cm³/mol. The van der Waals surface area contributed by atoms with Crippen LogP contribution < -0.4 is 5.73 Å². The molecule has 110 valence electrons. The molecular formula is C18H16N2O2. The number of phenolic OH excluding ortho intramolecular Hbond substituents is 1. The average Bonchev–Trinajstić information content (AvgIpc) is 2.86. The molecule has 1 heterocycles. The first-order chi connectivity index (χ1) is 10.6. The molecule has 0 unspecified atom stereocenters. The van der Waals surface area contributed by atoms with Crippen molar-refractivity contribution < 1.29 is 9.90 Å². The van der Waals surface area contributed by atoms with E-state index in [0.29, 0.717) is 0 Å². The zero-order chi connectivity index (χ0) is 15.7. The van der Waals surface area contributed by atoms with Crippen molar-refractivity contribution in [3.05, 3.63) is 66.5 Å². The highest BCUT2D eigenvalue weighted by molar-refractivity contribution is 5.90. The van der Waals surface area contributed by atoms with Crippen molar-refractivity contribution in [3.63, 3.8) is 0 Å². The normalized spacial score (nSPS) is 10.6. The highest BCUT2D eigenvalue weighted by Crippen LogP contribution is 2.37. The van der Waals surface area contributed by atoms with E-state index in [1.807, 2.05) is 43.3 Å². The highest BCUT2D eigenvalue weighted by Gasteiger charge is 2.18. The zero-order valence-electron chi connectivity index (χ0n) is 12.2. The molecule has 22 heavy (non-hydrogen) atoms. The predicted octanol–water partition coefficient (Wildman–Crippen LogP) is 3.76. The monoisotopic (exact) mass is 292 g/mol. The first kappa shape index (κ1) is 13.9. The Morgan fingerprint density at radius 1 is 1.05 bits per heavy atom. The van der Waals surface area contributed by atoms with E-state index >= 15 is 0 Å². The summed E-state index contributed by atoms with van der Waals surface area (Å²) < 4.78 is 1.43. The van der Waals surface area contributed by atoms with Crippen LogP contribution in [-0.4, -0.2) is 15.7 Å². The fraction of sp³-hybridized carbons (Fsp3) is 0.0556. The molecule has 0 bridgehead atoms. The number of aromatic nitrogens is 1. The number of nitrogens with zero attached hydrogens (tertiary/aromatic N) is 1. The molecule has 0 atom stereocenters. The van der Waals surface area contributed by atoms with Gasteiger partial charge in [-0.3, -0.25) is 4.57 Å². The maximum atomic E-state index is 11.7. The molecule has 0 saturated heterocycles. The van der Waals surface area contributed by atoms with Crippen LogP contribution in [0.25, 0.3) is 22.3 Å². The molecule has 4 heteroatoms. The van der Waals surface area contributed by atoms with E-state index in [2.05, 4.69) is 0 Å². The quantitative estimate of drug-likeness (QED) is 0.755. The van der Waals surface area contributed by atoms with E-state index in [1.54, 1.807) is 24.4 Å². The van der Waals surface area contributed by atoms with Crippen molar-refractivity contribution in [1.82, 2.24) is 4.57 Å². The number of nitrogens with two attached hydrogens (primary N) is 1. The van der Waals surface area contributed by atoms with Gasteiger partial charge in [0, 0.05) is 23.0 Å². The SMILES string of the molecule is Cc1c(-c2cccc(O)c2)c(-c2ccccc2)cn1C(N)=O. The van der Waals surface area contributed by atoms with Crippen LogP contribution in [0.2, 0.25) is 0 Å². The fourth-order valence-corrected chi connectivity index (χ4v) is 2.70. The van der Waals surface area contributed by atoms with Gasteiger partial charge in [-0.15, -0.1) is 0 Å². The molecule has 0 fully saturated rings. The third-order valence-corrected chi connectivity index (χ3v) is 3.71. The van der Waals surface area contributed by atoms with Gasteiger partial charge >= 0.3 is 6.03 Å². The third kappa shape index (κ3) is 2.35. The summed E-state index contributed by atoms with van der Waals surface area (Å²) in [4.78, 5) is 11.7. The van der Waals surface area contributed by atoms with Gasteiger partial charge in [0.2, 0.25) is 0 Å². The number of hydrogen-bond acceptors (Lipinski definition) is 2. The molecule has 0 saturated carbocycles. The van der Waals surface area contributed by atoms with Crippen LogP contribution in [0, 0.1) is 6.92 Å². The molecule has 3 rings (SSSR count). The van der Waals surface area contributed by atoms with Crippen LogP contribution in [0.5, 0.6) is 5.75 Å². The van der Waals surface area contributed by atoms with E-state index in [0.717, 1.165) is 27.9 Å². The van der Waals surface area contributed by atoms with Gasteiger partial charge in [0.1, 0.15) is 5.75 Å². The van der Waals surface area contributed by atoms with Crippen LogP contribution in [0.4, 0.5) is 4.79 Å². The summed E-state index contributed by atoms with van der Waals surface area (Å²) in [5.74, 6) is 0.183. The second kappa shape index (κ2) is 5.41. The minimum Gasteiger partial charge on any atom is -0.508 e. The summed E-state index contributed by atoms with van der Waals surface area (Å²) in [6.07, 6.45) is 1.74. The van der Waals surface area contributed by atoms with Gasteiger partial charge in [-0.05, 0) is 30.2 Å². The number of carbonyl (C=O) groups is 1. The lowest BCUT2D eigenvalue weighted by Gasteiger charge is -2.07. The fourth-order valence-electron chi connectivity index (χ4n) is 2.70. The number of rotatable bonds is 2. The number of phenols is 1. The lowest BCUT2D eigenvalue weighted by atomic mass is 9.97. The van der Waals surface area contributed by atoms with Crippen LogP contribution in [0.3, 0.4) is 0 Å². The van der Waals surface area contributed by atoms with Crippen molar-refractivity contribution in [3.8, 4) is 28.0 Å². The third-order valence-electron chi connectivity index (χ3n) is 3.71. The van der Waals surface area contributed by atoms with Crippen LogP contribution >= 0.6 is 0 Å². The van der Waals surface area contributed by atoms with Gasteiger partial charge in [-0.25, -0.2) is 4.79 Å². The van der Waals surface area contributed by atoms with E-state index in [-0.39, 0.29) is 5.75 Å². The number of hydrogen-bond donors (Lipinski definition) is 2. The Bertz CT molecular complexity index is 836. The zero-order valence-corrected chi connectivity index (χ0v) is 12.2. The standard InChI is InChI=1S/C18H16N2O2/c1-12-17(14-8-5-9-15(21)10-14)16(11-20(12)18(19)22)13-6-3-2-4-7-13/h2-11,21H,1H3,(H2,19,22). The summed E-state index contributed by atoms with van der Waals surface area (Å²) in [7, 11) is 0. The molecular weight excluding hydrogens is 276 g/mol. The maximum Gasteiger partial charge on any atom is 0.323 e. The summed E-state index contributed by atoms with van der Waals surface area (Å²) in [6, 6.07) is 16.2. The van der Waals surface area contributed by atoms with E-state index in [1.165, 1.54) is 4.57 Å². The van der Waals surface area contributed by atoms with E-state index in [4.69, 9.17) is 5.73 Å². The van der Waals surface area contributed by atoms with Crippen LogP contribution in [0.1, 0.15) is 5.69 Å². The Kier molecular flexibility index (Phi) is 3.43. The lowest BCUT2D eigenvalue weighted by molar-refractivity contribution is 0.250. The van der Waals surface area contributed by atoms with Gasteiger partial charge in [-0.1, -0.05) is 42.5 Å². The Morgan fingerprint density at radius 2 is 1.73 bits per heavy atom. The molecule has 4 nitrogen and oxygen atoms in total. The van der Waals surface area contributed by atoms with E-state index < -0.39 is 6.03 Å². The topological polar surface area (TPSA) is 68.2 Å². The summed E-state index contributed by atoms with van der Waals surface area (Å²) in [5.41, 5.74) is 9.83. The smallest absolute Gasteiger partial charge is 0.323 e. The van der Waals surface area contributed by atoms with E-state index in [9.17, 15) is 9.90 Å². The molecule has 0 aliphatic rings. The first-order valence-electron chi connectivity index (χ1n) is 6.94. The molecule has 1 amide bonds. The molecule has 3 aromatic rings. The van der Waals surface area contributed by atoms with Crippen molar-refractivity contribution in [2.45, 2.75) is 6.92 Å². The van der Waals surface area contributed by atoms with Gasteiger partial charge in [-0.2, -0.15) is 0 Å². The number of benzene rings is 2. The summed E-state index contributed by atoms with van der Waals surface area (Å²) >= 11 is 0. The number of carbonyl (C=O) groups excluding carboxylic acids is 1. The van der Waals surface area contributed by atoms with Crippen LogP contribution in [0.15, 0.2) is 60.8 Å². The largest absolute Gasteiger partial charge is 0.508 e. The lowest BCUT2D eigenvalue weighted by Crippen LogP contribution is -2.19. The molecule has 2 aromatic carbocycles.